The molecule has 1 unspecified atom stereocenters. The van der Waals surface area contributed by atoms with Gasteiger partial charge in [0.25, 0.3) is 0 Å². The fraction of sp³-hybridized carbons (Fsp3) is 0.190. The molecule has 1 aliphatic rings. The van der Waals surface area contributed by atoms with Crippen molar-refractivity contribution < 1.29 is 27.9 Å². The number of halogens is 3. The number of hydrogen-bond donors (Lipinski definition) is 2. The molecular formula is C21H16F3N3O4. The number of anilines is 1. The van der Waals surface area contributed by atoms with E-state index in [1.807, 2.05) is 0 Å². The smallest absolute Gasteiger partial charge is 0.341 e. The summed E-state index contributed by atoms with van der Waals surface area (Å²) >= 11 is 0. The first-order valence-electron chi connectivity index (χ1n) is 9.27. The van der Waals surface area contributed by atoms with E-state index in [-0.39, 0.29) is 47.3 Å². The molecule has 3 aromatic rings. The third-order valence-electron chi connectivity index (χ3n) is 5.05. The molecule has 0 spiro atoms. The first-order valence-corrected chi connectivity index (χ1v) is 9.27. The number of carbonyl (C=O) groups is 2. The summed E-state index contributed by atoms with van der Waals surface area (Å²) in [4.78, 5) is 37.6. The summed E-state index contributed by atoms with van der Waals surface area (Å²) in [6, 6.07) is 4.53. The van der Waals surface area contributed by atoms with E-state index in [9.17, 15) is 32.7 Å². The van der Waals surface area contributed by atoms with Crippen LogP contribution < -0.4 is 15.6 Å². The highest BCUT2D eigenvalue weighted by molar-refractivity contribution is 5.94. The number of carboxylic acid groups (broad SMARTS) is 1. The largest absolute Gasteiger partial charge is 0.477 e. The number of aromatic carboxylic acids is 1. The van der Waals surface area contributed by atoms with Crippen LogP contribution in [0.4, 0.5) is 18.9 Å². The fourth-order valence-electron chi connectivity index (χ4n) is 3.72. The fourth-order valence-corrected chi connectivity index (χ4v) is 3.72. The zero-order valence-corrected chi connectivity index (χ0v) is 16.2. The lowest BCUT2D eigenvalue weighted by atomic mass is 10.1. The van der Waals surface area contributed by atoms with Gasteiger partial charge in [-0.25, -0.2) is 18.0 Å². The van der Waals surface area contributed by atoms with Gasteiger partial charge in [0, 0.05) is 30.2 Å². The number of carboxylic acids is 1. The summed E-state index contributed by atoms with van der Waals surface area (Å²) < 4.78 is 43.9. The van der Waals surface area contributed by atoms with E-state index in [2.05, 4.69) is 5.32 Å². The molecule has 31 heavy (non-hydrogen) atoms. The van der Waals surface area contributed by atoms with Gasteiger partial charge in [-0.15, -0.1) is 0 Å². The van der Waals surface area contributed by atoms with Gasteiger partial charge in [0.05, 0.1) is 23.4 Å². The van der Waals surface area contributed by atoms with Crippen LogP contribution in [0.15, 0.2) is 41.3 Å². The lowest BCUT2D eigenvalue weighted by molar-refractivity contribution is -0.121. The third-order valence-corrected chi connectivity index (χ3v) is 5.05. The van der Waals surface area contributed by atoms with E-state index >= 15 is 0 Å². The minimum absolute atomic E-state index is 0.00653. The monoisotopic (exact) mass is 431 g/mol. The summed E-state index contributed by atoms with van der Waals surface area (Å²) in [7, 11) is 0. The van der Waals surface area contributed by atoms with Gasteiger partial charge in [-0.05, 0) is 31.2 Å². The van der Waals surface area contributed by atoms with E-state index in [4.69, 9.17) is 0 Å². The van der Waals surface area contributed by atoms with E-state index in [0.717, 1.165) is 29.0 Å². The van der Waals surface area contributed by atoms with Crippen molar-refractivity contribution in [2.24, 2.45) is 0 Å². The van der Waals surface area contributed by atoms with Gasteiger partial charge in [-0.3, -0.25) is 9.59 Å². The van der Waals surface area contributed by atoms with Crippen molar-refractivity contribution >= 4 is 28.5 Å². The van der Waals surface area contributed by atoms with Crippen molar-refractivity contribution in [2.75, 3.05) is 18.0 Å². The Balaban J connectivity index is 2.03. The van der Waals surface area contributed by atoms with Crippen molar-refractivity contribution in [1.82, 2.24) is 9.88 Å². The molecule has 1 aliphatic heterocycles. The van der Waals surface area contributed by atoms with Gasteiger partial charge in [0.1, 0.15) is 23.0 Å². The quantitative estimate of drug-likeness (QED) is 0.665. The van der Waals surface area contributed by atoms with Crippen LogP contribution in [-0.4, -0.2) is 40.7 Å². The first-order chi connectivity index (χ1) is 14.7. The van der Waals surface area contributed by atoms with Gasteiger partial charge in [-0.1, -0.05) is 0 Å². The molecule has 1 fully saturated rings. The first kappa shape index (κ1) is 20.5. The highest BCUT2D eigenvalue weighted by Gasteiger charge is 2.26. The van der Waals surface area contributed by atoms with Gasteiger partial charge < -0.3 is 19.9 Å². The van der Waals surface area contributed by atoms with Crippen molar-refractivity contribution in [2.45, 2.75) is 13.0 Å². The zero-order chi connectivity index (χ0) is 22.4. The van der Waals surface area contributed by atoms with E-state index < -0.39 is 34.4 Å². The Morgan fingerprint density at radius 2 is 1.81 bits per heavy atom. The molecular weight excluding hydrogens is 415 g/mol. The number of fused-ring (bicyclic) bond motifs is 1. The second-order valence-electron chi connectivity index (χ2n) is 7.31. The number of aromatic nitrogens is 1. The average molecular weight is 431 g/mol. The number of piperazine rings is 1. The number of rotatable bonds is 3. The second kappa shape index (κ2) is 7.46. The summed E-state index contributed by atoms with van der Waals surface area (Å²) in [5.41, 5.74) is -1.87. The second-order valence-corrected chi connectivity index (χ2v) is 7.31. The number of amides is 1. The van der Waals surface area contributed by atoms with Crippen molar-refractivity contribution in [3.05, 3.63) is 69.8 Å². The lowest BCUT2D eigenvalue weighted by Crippen LogP contribution is -2.53. The molecule has 10 heteroatoms. The zero-order valence-electron chi connectivity index (χ0n) is 16.2. The Morgan fingerprint density at radius 3 is 2.45 bits per heavy atom. The van der Waals surface area contributed by atoms with Crippen LogP contribution in [0.25, 0.3) is 16.6 Å². The molecule has 1 atom stereocenters. The number of benzene rings is 2. The number of nitrogens with zero attached hydrogens (tertiary/aromatic N) is 2. The van der Waals surface area contributed by atoms with Crippen LogP contribution in [0, 0.1) is 17.5 Å². The molecule has 160 valence electrons. The minimum atomic E-state index is -1.57. The van der Waals surface area contributed by atoms with Gasteiger partial charge in [-0.2, -0.15) is 0 Å². The summed E-state index contributed by atoms with van der Waals surface area (Å²) in [5, 5.41) is 11.8. The molecule has 0 saturated carbocycles. The number of carbonyl (C=O) groups excluding carboxylic acids is 1. The Bertz CT molecular complexity index is 1310. The van der Waals surface area contributed by atoms with Gasteiger partial charge >= 0.3 is 5.97 Å². The molecule has 0 aliphatic carbocycles. The van der Waals surface area contributed by atoms with E-state index in [1.165, 1.54) is 11.0 Å². The Morgan fingerprint density at radius 1 is 1.10 bits per heavy atom. The van der Waals surface area contributed by atoms with Crippen LogP contribution in [0.3, 0.4) is 0 Å². The predicted octanol–water partition coefficient (Wildman–Crippen LogP) is 2.43. The lowest BCUT2D eigenvalue weighted by Gasteiger charge is -2.33. The highest BCUT2D eigenvalue weighted by atomic mass is 19.1. The van der Waals surface area contributed by atoms with E-state index in [1.54, 1.807) is 6.92 Å². The molecule has 2 N–H and O–H groups in total. The van der Waals surface area contributed by atoms with Crippen LogP contribution in [0.5, 0.6) is 0 Å². The maximum Gasteiger partial charge on any atom is 0.341 e. The molecule has 2 aromatic carbocycles. The standard InChI is InChI=1S/C21H16F3N3O4/c1-10-7-26(9-19(28)25-10)18-6-17-12(5-15(18)24)20(29)13(21(30)31)8-27(17)16-3-2-11(22)4-14(16)23/h2-6,8,10H,7,9H2,1H3,(H,25,28)(H,30,31). The third kappa shape index (κ3) is 3.60. The number of hydrogen-bond acceptors (Lipinski definition) is 4. The molecule has 0 bridgehead atoms. The van der Waals surface area contributed by atoms with Crippen LogP contribution >= 0.6 is 0 Å². The van der Waals surface area contributed by atoms with Crippen LogP contribution in [-0.2, 0) is 4.79 Å². The Kier molecular flexibility index (Phi) is 4.92. The molecule has 2 heterocycles. The minimum Gasteiger partial charge on any atom is -0.477 e. The van der Waals surface area contributed by atoms with Crippen LogP contribution in [0.1, 0.15) is 17.3 Å². The molecule has 1 amide bonds. The molecule has 1 aromatic heterocycles. The highest BCUT2D eigenvalue weighted by Crippen LogP contribution is 2.28. The maximum atomic E-state index is 14.9. The number of pyridine rings is 1. The summed E-state index contributed by atoms with van der Waals surface area (Å²) in [6.45, 7) is 1.90. The number of nitrogens with one attached hydrogen (secondary N) is 1. The van der Waals surface area contributed by atoms with Crippen molar-refractivity contribution in [3.63, 3.8) is 0 Å². The average Bonchev–Trinajstić information content (AvgIpc) is 2.68. The molecule has 7 nitrogen and oxygen atoms in total. The Hall–Kier alpha value is -3.82. The van der Waals surface area contributed by atoms with E-state index in [0.29, 0.717) is 6.07 Å². The van der Waals surface area contributed by atoms with Crippen LogP contribution in [0.2, 0.25) is 0 Å². The van der Waals surface area contributed by atoms with Crippen molar-refractivity contribution in [3.8, 4) is 5.69 Å². The van der Waals surface area contributed by atoms with Gasteiger partial charge in [0.15, 0.2) is 0 Å². The molecule has 1 saturated heterocycles. The predicted molar refractivity (Wildman–Crippen MR) is 106 cm³/mol. The van der Waals surface area contributed by atoms with Crippen molar-refractivity contribution in [1.29, 1.82) is 0 Å². The normalized spacial score (nSPS) is 16.5. The topological polar surface area (TPSA) is 91.6 Å². The molecule has 0 radical (unpaired) electrons. The Labute approximate surface area is 173 Å². The molecule has 4 rings (SSSR count). The summed E-state index contributed by atoms with van der Waals surface area (Å²) in [5.74, 6) is -4.57. The SMILES string of the molecule is CC1CN(c2cc3c(cc2F)c(=O)c(C(=O)O)cn3-c2ccc(F)cc2F)CC(=O)N1. The van der Waals surface area contributed by atoms with Gasteiger partial charge in [0.2, 0.25) is 11.3 Å². The maximum absolute atomic E-state index is 14.9. The summed E-state index contributed by atoms with van der Waals surface area (Å²) in [6.07, 6.45) is 0.913.